The molecule has 0 fully saturated rings. The minimum atomic E-state index is -3.55. The monoisotopic (exact) mass is 417 g/mol. The highest BCUT2D eigenvalue weighted by Gasteiger charge is 2.27. The SMILES string of the molecule is CC[C@@H](C(=O)N(Cc1ccc(OS(=O)(=O)CC)cc1)[C@@H](C)CC)c1ccccc1. The van der Waals surface area contributed by atoms with Crippen LogP contribution in [0.2, 0.25) is 0 Å². The van der Waals surface area contributed by atoms with Gasteiger partial charge in [0.05, 0.1) is 11.7 Å². The van der Waals surface area contributed by atoms with Gasteiger partial charge in [0.2, 0.25) is 5.91 Å². The molecule has 0 saturated carbocycles. The van der Waals surface area contributed by atoms with E-state index in [-0.39, 0.29) is 29.4 Å². The molecular formula is C23H31NO4S. The van der Waals surface area contributed by atoms with Crippen molar-refractivity contribution in [2.24, 2.45) is 0 Å². The minimum absolute atomic E-state index is 0.0804. The van der Waals surface area contributed by atoms with E-state index in [0.717, 1.165) is 24.0 Å². The molecule has 2 aromatic rings. The van der Waals surface area contributed by atoms with Crippen LogP contribution in [0.5, 0.6) is 5.75 Å². The summed E-state index contributed by atoms with van der Waals surface area (Å²) in [6.45, 7) is 8.17. The molecule has 0 N–H and O–H groups in total. The third-order valence-electron chi connectivity index (χ3n) is 5.17. The Morgan fingerprint density at radius 1 is 0.966 bits per heavy atom. The molecule has 0 aromatic heterocycles. The zero-order chi connectivity index (χ0) is 21.4. The van der Waals surface area contributed by atoms with Crippen LogP contribution in [0, 0.1) is 0 Å². The Kier molecular flexibility index (Phi) is 8.26. The summed E-state index contributed by atoms with van der Waals surface area (Å²) >= 11 is 0. The Balaban J connectivity index is 2.21. The predicted octanol–water partition coefficient (Wildman–Crippen LogP) is 4.74. The molecule has 0 radical (unpaired) electrons. The van der Waals surface area contributed by atoms with E-state index in [9.17, 15) is 13.2 Å². The zero-order valence-electron chi connectivity index (χ0n) is 17.7. The average molecular weight is 418 g/mol. The van der Waals surface area contributed by atoms with Crippen LogP contribution in [-0.2, 0) is 21.5 Å². The lowest BCUT2D eigenvalue weighted by atomic mass is 9.94. The van der Waals surface area contributed by atoms with Gasteiger partial charge in [-0.05, 0) is 49.9 Å². The van der Waals surface area contributed by atoms with Gasteiger partial charge in [-0.2, -0.15) is 8.42 Å². The molecule has 5 nitrogen and oxygen atoms in total. The quantitative estimate of drug-likeness (QED) is 0.524. The van der Waals surface area contributed by atoms with Crippen LogP contribution in [0.15, 0.2) is 54.6 Å². The van der Waals surface area contributed by atoms with Gasteiger partial charge >= 0.3 is 10.1 Å². The summed E-state index contributed by atoms with van der Waals surface area (Å²) in [5, 5.41) is 0. The van der Waals surface area contributed by atoms with Crippen molar-refractivity contribution in [3.8, 4) is 5.75 Å². The molecule has 158 valence electrons. The summed E-state index contributed by atoms with van der Waals surface area (Å²) in [5.74, 6) is 0.139. The van der Waals surface area contributed by atoms with E-state index in [1.165, 1.54) is 6.92 Å². The first-order chi connectivity index (χ1) is 13.8. The third kappa shape index (κ3) is 6.32. The fraction of sp³-hybridized carbons (Fsp3) is 0.435. The van der Waals surface area contributed by atoms with E-state index in [1.807, 2.05) is 54.3 Å². The maximum Gasteiger partial charge on any atom is 0.308 e. The van der Waals surface area contributed by atoms with Crippen molar-refractivity contribution in [2.75, 3.05) is 5.75 Å². The zero-order valence-corrected chi connectivity index (χ0v) is 18.5. The molecule has 1 amide bonds. The number of nitrogens with zero attached hydrogens (tertiary/aromatic N) is 1. The summed E-state index contributed by atoms with van der Waals surface area (Å²) in [7, 11) is -3.55. The third-order valence-corrected chi connectivity index (χ3v) is 6.32. The molecule has 2 rings (SSSR count). The van der Waals surface area contributed by atoms with Crippen LogP contribution in [0.1, 0.15) is 57.6 Å². The molecule has 0 spiro atoms. The van der Waals surface area contributed by atoms with Gasteiger partial charge < -0.3 is 9.08 Å². The maximum absolute atomic E-state index is 13.4. The first-order valence-corrected chi connectivity index (χ1v) is 11.8. The van der Waals surface area contributed by atoms with Crippen molar-refractivity contribution in [2.45, 2.75) is 59.0 Å². The molecule has 2 atom stereocenters. The van der Waals surface area contributed by atoms with Gasteiger partial charge in [0.15, 0.2) is 0 Å². The van der Waals surface area contributed by atoms with Crippen molar-refractivity contribution in [3.05, 3.63) is 65.7 Å². The highest BCUT2D eigenvalue weighted by atomic mass is 32.2. The number of hydrogen-bond acceptors (Lipinski definition) is 4. The van der Waals surface area contributed by atoms with E-state index < -0.39 is 10.1 Å². The number of carbonyl (C=O) groups is 1. The molecule has 6 heteroatoms. The normalized spacial score (nSPS) is 13.5. The topological polar surface area (TPSA) is 63.7 Å². The second-order valence-electron chi connectivity index (χ2n) is 7.17. The lowest BCUT2D eigenvalue weighted by Crippen LogP contribution is -2.40. The van der Waals surface area contributed by atoms with E-state index >= 15 is 0 Å². The van der Waals surface area contributed by atoms with Crippen LogP contribution in [0.25, 0.3) is 0 Å². The molecule has 0 aliphatic heterocycles. The van der Waals surface area contributed by atoms with Gasteiger partial charge in [-0.1, -0.05) is 56.3 Å². The van der Waals surface area contributed by atoms with Gasteiger partial charge in [0.25, 0.3) is 0 Å². The van der Waals surface area contributed by atoms with Crippen LogP contribution in [0.3, 0.4) is 0 Å². The summed E-state index contributed by atoms with van der Waals surface area (Å²) in [5.41, 5.74) is 1.96. The van der Waals surface area contributed by atoms with Gasteiger partial charge in [0.1, 0.15) is 5.75 Å². The first kappa shape index (κ1) is 22.9. The van der Waals surface area contributed by atoms with Gasteiger partial charge in [-0.25, -0.2) is 0 Å². The molecule has 0 aliphatic rings. The van der Waals surface area contributed by atoms with Gasteiger partial charge in [-0.15, -0.1) is 0 Å². The summed E-state index contributed by atoms with van der Waals surface area (Å²) in [6, 6.07) is 16.9. The lowest BCUT2D eigenvalue weighted by molar-refractivity contribution is -0.135. The number of benzene rings is 2. The number of hydrogen-bond donors (Lipinski definition) is 0. The molecule has 0 bridgehead atoms. The van der Waals surface area contributed by atoms with Crippen molar-refractivity contribution >= 4 is 16.0 Å². The van der Waals surface area contributed by atoms with Gasteiger partial charge in [0, 0.05) is 12.6 Å². The highest BCUT2D eigenvalue weighted by Crippen LogP contribution is 2.25. The van der Waals surface area contributed by atoms with Crippen LogP contribution in [-0.4, -0.2) is 31.0 Å². The molecular weight excluding hydrogens is 386 g/mol. The largest absolute Gasteiger partial charge is 0.382 e. The maximum atomic E-state index is 13.4. The lowest BCUT2D eigenvalue weighted by Gasteiger charge is -2.32. The standard InChI is InChI=1S/C23H31NO4S/c1-5-18(4)24(23(25)22(6-2)20-11-9-8-10-12-20)17-19-13-15-21(16-14-19)28-29(26,27)7-3/h8-16,18,22H,5-7,17H2,1-4H3/t18-,22+/m0/s1. The number of carbonyl (C=O) groups excluding carboxylic acids is 1. The number of rotatable bonds is 10. The summed E-state index contributed by atoms with van der Waals surface area (Å²) in [4.78, 5) is 15.3. The average Bonchev–Trinajstić information content (AvgIpc) is 2.73. The van der Waals surface area contributed by atoms with E-state index in [0.29, 0.717) is 6.54 Å². The fourth-order valence-corrected chi connectivity index (χ4v) is 3.68. The molecule has 0 heterocycles. The summed E-state index contributed by atoms with van der Waals surface area (Å²) < 4.78 is 28.3. The van der Waals surface area contributed by atoms with Crippen molar-refractivity contribution < 1.29 is 17.4 Å². The molecule has 0 unspecified atom stereocenters. The smallest absolute Gasteiger partial charge is 0.308 e. The Hall–Kier alpha value is -2.34. The predicted molar refractivity (Wildman–Crippen MR) is 116 cm³/mol. The Morgan fingerprint density at radius 3 is 2.10 bits per heavy atom. The minimum Gasteiger partial charge on any atom is -0.382 e. The van der Waals surface area contributed by atoms with Gasteiger partial charge in [-0.3, -0.25) is 4.79 Å². The highest BCUT2D eigenvalue weighted by molar-refractivity contribution is 7.87. The molecule has 0 saturated heterocycles. The second-order valence-corrected chi connectivity index (χ2v) is 9.03. The number of amides is 1. The van der Waals surface area contributed by atoms with Crippen molar-refractivity contribution in [1.29, 1.82) is 0 Å². The molecule has 2 aromatic carbocycles. The van der Waals surface area contributed by atoms with Crippen LogP contribution >= 0.6 is 0 Å². The fourth-order valence-electron chi connectivity index (χ4n) is 3.16. The van der Waals surface area contributed by atoms with Crippen LogP contribution < -0.4 is 4.18 Å². The molecule has 0 aliphatic carbocycles. The van der Waals surface area contributed by atoms with Crippen LogP contribution in [0.4, 0.5) is 0 Å². The Bertz CT molecular complexity index is 879. The van der Waals surface area contributed by atoms with Crippen molar-refractivity contribution in [3.63, 3.8) is 0 Å². The van der Waals surface area contributed by atoms with E-state index in [4.69, 9.17) is 4.18 Å². The summed E-state index contributed by atoms with van der Waals surface area (Å²) in [6.07, 6.45) is 1.59. The van der Waals surface area contributed by atoms with E-state index in [1.54, 1.807) is 12.1 Å². The molecule has 29 heavy (non-hydrogen) atoms. The Labute approximate surface area is 174 Å². The second kappa shape index (κ2) is 10.4. The first-order valence-electron chi connectivity index (χ1n) is 10.2. The van der Waals surface area contributed by atoms with Crippen molar-refractivity contribution in [1.82, 2.24) is 4.90 Å². The van der Waals surface area contributed by atoms with E-state index in [2.05, 4.69) is 13.8 Å². The Morgan fingerprint density at radius 2 is 1.59 bits per heavy atom.